The van der Waals surface area contributed by atoms with Gasteiger partial charge in [-0.05, 0) is 19.1 Å². The Bertz CT molecular complexity index is 381. The van der Waals surface area contributed by atoms with Crippen molar-refractivity contribution in [3.8, 4) is 6.07 Å². The van der Waals surface area contributed by atoms with Crippen molar-refractivity contribution in [2.24, 2.45) is 0 Å². The summed E-state index contributed by atoms with van der Waals surface area (Å²) in [5.41, 5.74) is 1.25. The molecule has 0 atom stereocenters. The maximum absolute atomic E-state index is 8.95. The molecule has 0 unspecified atom stereocenters. The molecule has 0 spiro atoms. The van der Waals surface area contributed by atoms with Crippen molar-refractivity contribution in [3.05, 3.63) is 23.4 Å². The van der Waals surface area contributed by atoms with Gasteiger partial charge in [-0.3, -0.25) is 0 Å². The van der Waals surface area contributed by atoms with Crippen LogP contribution in [0.5, 0.6) is 0 Å². The maximum Gasteiger partial charge on any atom is 0.146 e. The Morgan fingerprint density at radius 1 is 1.31 bits per heavy atom. The Hall–Kier alpha value is -1.64. The van der Waals surface area contributed by atoms with Crippen LogP contribution in [0.4, 0.5) is 5.82 Å². The molecule has 0 aliphatic rings. The minimum absolute atomic E-state index is 0.0412. The highest BCUT2D eigenvalue weighted by Gasteiger charge is 2.12. The van der Waals surface area contributed by atoms with E-state index in [9.17, 15) is 0 Å². The van der Waals surface area contributed by atoms with Crippen LogP contribution in [0, 0.1) is 18.3 Å². The van der Waals surface area contributed by atoms with Gasteiger partial charge in [-0.25, -0.2) is 4.98 Å². The van der Waals surface area contributed by atoms with Crippen molar-refractivity contribution in [1.82, 2.24) is 4.98 Å². The van der Waals surface area contributed by atoms with Gasteiger partial charge in [0.25, 0.3) is 0 Å². The number of rotatable bonds is 5. The summed E-state index contributed by atoms with van der Waals surface area (Å²) in [6.45, 7) is 2.46. The molecule has 0 fully saturated rings. The Morgan fingerprint density at radius 2 is 1.94 bits per heavy atom. The quantitative estimate of drug-likeness (QED) is 0.734. The molecule has 0 aromatic carbocycles. The molecule has 0 amide bonds. The number of aryl methyl sites for hydroxylation is 1. The number of hydrogen-bond acceptors (Lipinski definition) is 5. The maximum atomic E-state index is 8.95. The molecule has 0 bridgehead atoms. The monoisotopic (exact) mass is 221 g/mol. The standard InChI is InChI=1S/C11H15N3O2/c1-9-2-3-10(8-12)11(13-9)14(4-6-15)5-7-16/h2-3,15-16H,4-7H2,1H3. The van der Waals surface area contributed by atoms with E-state index >= 15 is 0 Å². The third-order valence-corrected chi connectivity index (χ3v) is 2.17. The number of aliphatic hydroxyl groups excluding tert-OH is 2. The summed E-state index contributed by atoms with van der Waals surface area (Å²) in [6.07, 6.45) is 0. The van der Waals surface area contributed by atoms with Crippen molar-refractivity contribution >= 4 is 5.82 Å². The van der Waals surface area contributed by atoms with E-state index in [0.29, 0.717) is 24.5 Å². The molecule has 86 valence electrons. The molecule has 0 aliphatic heterocycles. The number of aromatic nitrogens is 1. The fourth-order valence-corrected chi connectivity index (χ4v) is 1.44. The Morgan fingerprint density at radius 3 is 2.44 bits per heavy atom. The summed E-state index contributed by atoms with van der Waals surface area (Å²) in [5, 5.41) is 26.8. The van der Waals surface area contributed by atoms with Gasteiger partial charge in [0.1, 0.15) is 11.9 Å². The Labute approximate surface area is 94.6 Å². The second-order valence-electron chi connectivity index (χ2n) is 3.37. The van der Waals surface area contributed by atoms with Crippen molar-refractivity contribution < 1.29 is 10.2 Å². The van der Waals surface area contributed by atoms with Gasteiger partial charge in [-0.2, -0.15) is 5.26 Å². The van der Waals surface area contributed by atoms with Gasteiger partial charge < -0.3 is 15.1 Å². The second kappa shape index (κ2) is 6.05. The van der Waals surface area contributed by atoms with Crippen molar-refractivity contribution in [2.75, 3.05) is 31.2 Å². The van der Waals surface area contributed by atoms with Crippen molar-refractivity contribution in [1.29, 1.82) is 5.26 Å². The molecule has 1 heterocycles. The third kappa shape index (κ3) is 2.92. The summed E-state index contributed by atoms with van der Waals surface area (Å²) in [6, 6.07) is 5.51. The Balaban J connectivity index is 3.06. The van der Waals surface area contributed by atoms with Gasteiger partial charge in [0.2, 0.25) is 0 Å². The number of aliphatic hydroxyl groups is 2. The minimum atomic E-state index is -0.0412. The van der Waals surface area contributed by atoms with Crippen LogP contribution in [-0.4, -0.2) is 41.5 Å². The van der Waals surface area contributed by atoms with E-state index in [0.717, 1.165) is 5.69 Å². The highest BCUT2D eigenvalue weighted by molar-refractivity contribution is 5.54. The zero-order valence-corrected chi connectivity index (χ0v) is 9.22. The summed E-state index contributed by atoms with van der Waals surface area (Å²) >= 11 is 0. The van der Waals surface area contributed by atoms with Gasteiger partial charge in [-0.1, -0.05) is 0 Å². The molecule has 5 heteroatoms. The molecule has 16 heavy (non-hydrogen) atoms. The third-order valence-electron chi connectivity index (χ3n) is 2.17. The molecule has 0 aliphatic carbocycles. The predicted molar refractivity (Wildman–Crippen MR) is 60.1 cm³/mol. The van der Waals surface area contributed by atoms with Gasteiger partial charge in [-0.15, -0.1) is 0 Å². The number of anilines is 1. The molecule has 0 radical (unpaired) electrons. The molecule has 5 nitrogen and oxygen atoms in total. The highest BCUT2D eigenvalue weighted by Crippen LogP contribution is 2.17. The van der Waals surface area contributed by atoms with Gasteiger partial charge in [0, 0.05) is 18.8 Å². The molecule has 2 N–H and O–H groups in total. The minimum Gasteiger partial charge on any atom is -0.395 e. The fourth-order valence-electron chi connectivity index (χ4n) is 1.44. The first-order valence-electron chi connectivity index (χ1n) is 5.07. The lowest BCUT2D eigenvalue weighted by molar-refractivity contribution is 0.280. The summed E-state index contributed by atoms with van der Waals surface area (Å²) < 4.78 is 0. The lowest BCUT2D eigenvalue weighted by Crippen LogP contribution is -2.31. The van der Waals surface area contributed by atoms with Crippen LogP contribution in [0.25, 0.3) is 0 Å². The average Bonchev–Trinajstić information content (AvgIpc) is 2.29. The topological polar surface area (TPSA) is 80.4 Å². The first-order chi connectivity index (χ1) is 7.72. The van der Waals surface area contributed by atoms with Crippen LogP contribution in [0.2, 0.25) is 0 Å². The van der Waals surface area contributed by atoms with Gasteiger partial charge in [0.05, 0.1) is 18.8 Å². The number of hydrogen-bond donors (Lipinski definition) is 2. The first-order valence-corrected chi connectivity index (χ1v) is 5.07. The largest absolute Gasteiger partial charge is 0.395 e. The van der Waals surface area contributed by atoms with Crippen LogP contribution in [0.1, 0.15) is 11.3 Å². The molecule has 1 aromatic heterocycles. The highest BCUT2D eigenvalue weighted by atomic mass is 16.3. The number of nitriles is 1. The van der Waals surface area contributed by atoms with Gasteiger partial charge >= 0.3 is 0 Å². The molecule has 0 saturated heterocycles. The van der Waals surface area contributed by atoms with E-state index in [1.54, 1.807) is 17.0 Å². The smallest absolute Gasteiger partial charge is 0.146 e. The molecule has 1 rings (SSSR count). The summed E-state index contributed by atoms with van der Waals surface area (Å²) in [5.74, 6) is 0.519. The zero-order chi connectivity index (χ0) is 12.0. The van der Waals surface area contributed by atoms with E-state index in [1.807, 2.05) is 6.92 Å². The zero-order valence-electron chi connectivity index (χ0n) is 9.22. The van der Waals surface area contributed by atoms with Crippen molar-refractivity contribution in [2.45, 2.75) is 6.92 Å². The van der Waals surface area contributed by atoms with Crippen molar-refractivity contribution in [3.63, 3.8) is 0 Å². The molecular formula is C11H15N3O2. The van der Waals surface area contributed by atoms with Crippen LogP contribution in [-0.2, 0) is 0 Å². The normalized spacial score (nSPS) is 9.88. The van der Waals surface area contributed by atoms with E-state index in [4.69, 9.17) is 15.5 Å². The van der Waals surface area contributed by atoms with Crippen LogP contribution >= 0.6 is 0 Å². The Kier molecular flexibility index (Phi) is 4.70. The average molecular weight is 221 g/mol. The predicted octanol–water partition coefficient (Wildman–Crippen LogP) is 0.0527. The van der Waals surface area contributed by atoms with Crippen LogP contribution in [0.3, 0.4) is 0 Å². The summed E-state index contributed by atoms with van der Waals surface area (Å²) in [7, 11) is 0. The first kappa shape index (κ1) is 12.4. The van der Waals surface area contributed by atoms with E-state index < -0.39 is 0 Å². The van der Waals surface area contributed by atoms with Gasteiger partial charge in [0.15, 0.2) is 0 Å². The molecular weight excluding hydrogens is 206 g/mol. The fraction of sp³-hybridized carbons (Fsp3) is 0.455. The van der Waals surface area contributed by atoms with E-state index in [-0.39, 0.29) is 13.2 Å². The molecule has 0 saturated carbocycles. The van der Waals surface area contributed by atoms with Crippen LogP contribution in [0.15, 0.2) is 12.1 Å². The van der Waals surface area contributed by atoms with Crippen LogP contribution < -0.4 is 4.90 Å². The lowest BCUT2D eigenvalue weighted by Gasteiger charge is -2.22. The number of pyridine rings is 1. The van der Waals surface area contributed by atoms with E-state index in [2.05, 4.69) is 11.1 Å². The SMILES string of the molecule is Cc1ccc(C#N)c(N(CCO)CCO)n1. The lowest BCUT2D eigenvalue weighted by atomic mass is 10.2. The summed E-state index contributed by atoms with van der Waals surface area (Å²) in [4.78, 5) is 5.96. The molecule has 1 aromatic rings. The van der Waals surface area contributed by atoms with E-state index in [1.165, 1.54) is 0 Å². The number of nitrogens with zero attached hydrogens (tertiary/aromatic N) is 3. The second-order valence-corrected chi connectivity index (χ2v) is 3.37.